The van der Waals surface area contributed by atoms with Crippen LogP contribution in [0.3, 0.4) is 0 Å². The van der Waals surface area contributed by atoms with E-state index in [1.165, 1.54) is 0 Å². The fourth-order valence-electron chi connectivity index (χ4n) is 2.54. The minimum Gasteiger partial charge on any atom is -0.497 e. The lowest BCUT2D eigenvalue weighted by Gasteiger charge is -2.08. The number of carbonyl (C=O) groups is 1. The fraction of sp³-hybridized carbons (Fsp3) is 0.350. The summed E-state index contributed by atoms with van der Waals surface area (Å²) in [5.41, 5.74) is 2.19. The van der Waals surface area contributed by atoms with E-state index in [2.05, 4.69) is 10.6 Å². The molecule has 0 aliphatic heterocycles. The van der Waals surface area contributed by atoms with E-state index in [4.69, 9.17) is 27.9 Å². The van der Waals surface area contributed by atoms with E-state index in [9.17, 15) is 4.79 Å². The van der Waals surface area contributed by atoms with Gasteiger partial charge in [-0.05, 0) is 54.8 Å². The zero-order valence-corrected chi connectivity index (χ0v) is 16.4. The van der Waals surface area contributed by atoms with Crippen molar-refractivity contribution in [3.8, 4) is 5.75 Å². The van der Waals surface area contributed by atoms with Crippen LogP contribution in [0.25, 0.3) is 0 Å². The standard InChI is InChI=1S/C20H24Cl2N2O2/c1-26-18-4-2-3-15(13-18)7-12-24-20(25)9-11-23-10-8-16-5-6-17(21)14-19(16)22/h2-6,13-14,23H,7-12H2,1H3,(H,24,25). The van der Waals surface area contributed by atoms with Crippen molar-refractivity contribution >= 4 is 29.1 Å². The Morgan fingerprint density at radius 2 is 1.88 bits per heavy atom. The number of ether oxygens (including phenoxy) is 1. The summed E-state index contributed by atoms with van der Waals surface area (Å²) in [6, 6.07) is 13.4. The minimum absolute atomic E-state index is 0.0462. The van der Waals surface area contributed by atoms with Crippen molar-refractivity contribution in [1.29, 1.82) is 0 Å². The highest BCUT2D eigenvalue weighted by Crippen LogP contribution is 2.21. The number of nitrogens with one attached hydrogen (secondary N) is 2. The molecule has 2 aromatic carbocycles. The summed E-state index contributed by atoms with van der Waals surface area (Å²) in [5.74, 6) is 0.878. The number of methoxy groups -OCH3 is 1. The van der Waals surface area contributed by atoms with Crippen molar-refractivity contribution < 1.29 is 9.53 Å². The average molecular weight is 395 g/mol. The highest BCUT2D eigenvalue weighted by molar-refractivity contribution is 6.35. The maximum absolute atomic E-state index is 11.9. The number of benzene rings is 2. The first-order valence-electron chi connectivity index (χ1n) is 8.63. The Balaban J connectivity index is 1.57. The van der Waals surface area contributed by atoms with Crippen molar-refractivity contribution in [1.82, 2.24) is 10.6 Å². The summed E-state index contributed by atoms with van der Waals surface area (Å²) in [4.78, 5) is 11.9. The van der Waals surface area contributed by atoms with Crippen LogP contribution in [0.15, 0.2) is 42.5 Å². The van der Waals surface area contributed by atoms with Crippen molar-refractivity contribution in [2.75, 3.05) is 26.7 Å². The maximum Gasteiger partial charge on any atom is 0.221 e. The average Bonchev–Trinajstić information content (AvgIpc) is 2.63. The molecule has 0 saturated carbocycles. The number of rotatable bonds is 10. The van der Waals surface area contributed by atoms with Crippen molar-refractivity contribution in [3.63, 3.8) is 0 Å². The molecule has 0 saturated heterocycles. The quantitative estimate of drug-likeness (QED) is 0.601. The Hall–Kier alpha value is -1.75. The van der Waals surface area contributed by atoms with Gasteiger partial charge in [0.1, 0.15) is 5.75 Å². The molecule has 0 unspecified atom stereocenters. The van der Waals surface area contributed by atoms with Crippen molar-refractivity contribution in [3.05, 3.63) is 63.6 Å². The highest BCUT2D eigenvalue weighted by atomic mass is 35.5. The number of carbonyl (C=O) groups excluding carboxylic acids is 1. The van der Waals surface area contributed by atoms with E-state index >= 15 is 0 Å². The smallest absolute Gasteiger partial charge is 0.221 e. The summed E-state index contributed by atoms with van der Waals surface area (Å²) in [6.07, 6.45) is 2.03. The summed E-state index contributed by atoms with van der Waals surface area (Å²) in [6.45, 7) is 2.01. The third-order valence-electron chi connectivity index (χ3n) is 3.99. The summed E-state index contributed by atoms with van der Waals surface area (Å²) >= 11 is 12.0. The molecular formula is C20H24Cl2N2O2. The Morgan fingerprint density at radius 1 is 1.04 bits per heavy atom. The highest BCUT2D eigenvalue weighted by Gasteiger charge is 2.03. The summed E-state index contributed by atoms with van der Waals surface area (Å²) in [5, 5.41) is 7.51. The van der Waals surface area contributed by atoms with Crippen LogP contribution in [-0.4, -0.2) is 32.7 Å². The number of halogens is 2. The van der Waals surface area contributed by atoms with Crippen molar-refractivity contribution in [2.45, 2.75) is 19.3 Å². The molecule has 140 valence electrons. The molecule has 0 bridgehead atoms. The normalized spacial score (nSPS) is 10.6. The molecule has 1 amide bonds. The maximum atomic E-state index is 11.9. The Kier molecular flexibility index (Phi) is 8.75. The van der Waals surface area contributed by atoms with Crippen LogP contribution in [0.1, 0.15) is 17.5 Å². The van der Waals surface area contributed by atoms with Crippen LogP contribution >= 0.6 is 23.2 Å². The lowest BCUT2D eigenvalue weighted by atomic mass is 10.1. The second-order valence-electron chi connectivity index (χ2n) is 5.94. The van der Waals surface area contributed by atoms with E-state index in [1.807, 2.05) is 36.4 Å². The molecule has 0 aliphatic rings. The lowest BCUT2D eigenvalue weighted by molar-refractivity contribution is -0.120. The van der Waals surface area contributed by atoms with Gasteiger partial charge in [-0.25, -0.2) is 0 Å². The van der Waals surface area contributed by atoms with Gasteiger partial charge in [0.05, 0.1) is 7.11 Å². The predicted molar refractivity (Wildman–Crippen MR) is 107 cm³/mol. The molecule has 0 fully saturated rings. The third kappa shape index (κ3) is 7.24. The van der Waals surface area contributed by atoms with Crippen LogP contribution in [-0.2, 0) is 17.6 Å². The van der Waals surface area contributed by atoms with Gasteiger partial charge in [0.2, 0.25) is 5.91 Å². The summed E-state index contributed by atoms with van der Waals surface area (Å²) < 4.78 is 5.19. The van der Waals surface area contributed by atoms with Crippen molar-refractivity contribution in [2.24, 2.45) is 0 Å². The minimum atomic E-state index is 0.0462. The largest absolute Gasteiger partial charge is 0.497 e. The molecule has 0 heterocycles. The van der Waals surface area contributed by atoms with Gasteiger partial charge >= 0.3 is 0 Å². The molecule has 2 aromatic rings. The second kappa shape index (κ2) is 11.1. The number of hydrogen-bond acceptors (Lipinski definition) is 3. The Morgan fingerprint density at radius 3 is 2.65 bits per heavy atom. The number of amides is 1. The van der Waals surface area contributed by atoms with Crippen LogP contribution < -0.4 is 15.4 Å². The molecule has 26 heavy (non-hydrogen) atoms. The first-order chi connectivity index (χ1) is 12.6. The fourth-order valence-corrected chi connectivity index (χ4v) is 3.04. The first kappa shape index (κ1) is 20.6. The predicted octanol–water partition coefficient (Wildman–Crippen LogP) is 3.88. The summed E-state index contributed by atoms with van der Waals surface area (Å²) in [7, 11) is 1.65. The van der Waals surface area contributed by atoms with Gasteiger partial charge in [-0.2, -0.15) is 0 Å². The Labute approximate surface area is 164 Å². The topological polar surface area (TPSA) is 50.4 Å². The molecule has 6 heteroatoms. The van der Waals surface area contributed by atoms with Crippen LogP contribution in [0.5, 0.6) is 5.75 Å². The monoisotopic (exact) mass is 394 g/mol. The zero-order valence-electron chi connectivity index (χ0n) is 14.9. The first-order valence-corrected chi connectivity index (χ1v) is 9.38. The molecular weight excluding hydrogens is 371 g/mol. The molecule has 2 N–H and O–H groups in total. The van der Waals surface area contributed by atoms with Gasteiger partial charge < -0.3 is 15.4 Å². The van der Waals surface area contributed by atoms with Gasteiger partial charge in [0.15, 0.2) is 0 Å². The van der Waals surface area contributed by atoms with E-state index < -0.39 is 0 Å². The van der Waals surface area contributed by atoms with E-state index in [0.717, 1.165) is 36.3 Å². The third-order valence-corrected chi connectivity index (χ3v) is 4.57. The number of hydrogen-bond donors (Lipinski definition) is 2. The molecule has 0 aliphatic carbocycles. The molecule has 0 atom stereocenters. The van der Waals surface area contributed by atoms with Gasteiger partial charge in [0.25, 0.3) is 0 Å². The van der Waals surface area contributed by atoms with Gasteiger partial charge in [-0.1, -0.05) is 41.4 Å². The molecule has 0 spiro atoms. The lowest BCUT2D eigenvalue weighted by Crippen LogP contribution is -2.29. The van der Waals surface area contributed by atoms with E-state index in [-0.39, 0.29) is 5.91 Å². The zero-order chi connectivity index (χ0) is 18.8. The van der Waals surface area contributed by atoms with Gasteiger partial charge in [-0.3, -0.25) is 4.79 Å². The second-order valence-corrected chi connectivity index (χ2v) is 6.78. The van der Waals surface area contributed by atoms with Crippen LogP contribution in [0, 0.1) is 0 Å². The molecule has 2 rings (SSSR count). The SMILES string of the molecule is COc1cccc(CCNC(=O)CCNCCc2ccc(Cl)cc2Cl)c1. The molecule has 0 radical (unpaired) electrons. The Bertz CT molecular complexity index is 723. The van der Waals surface area contributed by atoms with Gasteiger partial charge in [0, 0.05) is 29.6 Å². The van der Waals surface area contributed by atoms with Crippen LogP contribution in [0.2, 0.25) is 10.0 Å². The molecule has 4 nitrogen and oxygen atoms in total. The molecule has 0 aromatic heterocycles. The van der Waals surface area contributed by atoms with E-state index in [1.54, 1.807) is 13.2 Å². The van der Waals surface area contributed by atoms with Crippen LogP contribution in [0.4, 0.5) is 0 Å². The van der Waals surface area contributed by atoms with Gasteiger partial charge in [-0.15, -0.1) is 0 Å². The van der Waals surface area contributed by atoms with E-state index in [0.29, 0.717) is 29.6 Å².